The number of nitrogens with two attached hydrogens (primary N) is 1. The fourth-order valence-electron chi connectivity index (χ4n) is 9.16. The molecule has 0 aliphatic carbocycles. The Morgan fingerprint density at radius 1 is 0.337 bits per heavy atom. The second-order valence-corrected chi connectivity index (χ2v) is 24.1. The molecule has 0 heterocycles. The number of rotatable bonds is 64. The zero-order valence-corrected chi connectivity index (χ0v) is 57.2. The van der Waals surface area contributed by atoms with E-state index in [9.17, 15) is 19.0 Å². The van der Waals surface area contributed by atoms with Crippen molar-refractivity contribution in [2.75, 3.05) is 26.4 Å². The summed E-state index contributed by atoms with van der Waals surface area (Å²) >= 11 is 0. The van der Waals surface area contributed by atoms with E-state index in [-0.39, 0.29) is 32.6 Å². The Labute approximate surface area is 545 Å². The minimum absolute atomic E-state index is 0.0433. The molecule has 0 radical (unpaired) electrons. The predicted octanol–water partition coefficient (Wildman–Crippen LogP) is 23.5. The molecule has 3 N–H and O–H groups in total. The van der Waals surface area contributed by atoms with E-state index in [2.05, 4.69) is 196 Å². The number of carbonyl (C=O) groups is 2. The average Bonchev–Trinajstić information content (AvgIpc) is 3.68. The van der Waals surface area contributed by atoms with Gasteiger partial charge in [0.15, 0.2) is 6.10 Å². The van der Waals surface area contributed by atoms with Gasteiger partial charge in [-0.1, -0.05) is 305 Å². The van der Waals surface area contributed by atoms with E-state index in [1.54, 1.807) is 0 Å². The van der Waals surface area contributed by atoms with Crippen LogP contribution in [-0.4, -0.2) is 49.3 Å². The van der Waals surface area contributed by atoms with Crippen molar-refractivity contribution < 1.29 is 37.6 Å². The predicted molar refractivity (Wildman–Crippen MR) is 385 cm³/mol. The Kier molecular flexibility index (Phi) is 68.2. The summed E-state index contributed by atoms with van der Waals surface area (Å²) < 4.78 is 33.2. The molecule has 2 unspecified atom stereocenters. The normalized spacial score (nSPS) is 14.1. The summed E-state index contributed by atoms with van der Waals surface area (Å²) in [5.74, 6) is -0.849. The Balaban J connectivity index is 3.96. The quantitative estimate of drug-likeness (QED) is 0.0264. The van der Waals surface area contributed by atoms with Crippen LogP contribution in [0, 0.1) is 0 Å². The summed E-state index contributed by atoms with van der Waals surface area (Å²) in [4.78, 5) is 35.4. The minimum atomic E-state index is -4.41. The van der Waals surface area contributed by atoms with Gasteiger partial charge >= 0.3 is 19.8 Å². The first kappa shape index (κ1) is 84.1. The zero-order chi connectivity index (χ0) is 64.4. The number of unbranched alkanes of at least 4 members (excludes halogenated alkanes) is 21. The molecule has 0 bridgehead atoms. The van der Waals surface area contributed by atoms with E-state index in [0.29, 0.717) is 12.8 Å². The van der Waals surface area contributed by atoms with Crippen LogP contribution >= 0.6 is 7.82 Å². The molecular weight excluding hydrogens is 1120 g/mol. The molecule has 89 heavy (non-hydrogen) atoms. The maximum absolute atomic E-state index is 12.8. The van der Waals surface area contributed by atoms with E-state index in [4.69, 9.17) is 24.3 Å². The highest BCUT2D eigenvalue weighted by molar-refractivity contribution is 7.47. The molecule has 0 fully saturated rings. The van der Waals surface area contributed by atoms with Crippen molar-refractivity contribution in [3.05, 3.63) is 182 Å². The van der Waals surface area contributed by atoms with Crippen LogP contribution in [-0.2, 0) is 32.7 Å². The van der Waals surface area contributed by atoms with Gasteiger partial charge in [0.2, 0.25) is 0 Å². The lowest BCUT2D eigenvalue weighted by molar-refractivity contribution is -0.161. The summed E-state index contributed by atoms with van der Waals surface area (Å²) in [5.41, 5.74) is 5.40. The lowest BCUT2D eigenvalue weighted by atomic mass is 10.0. The summed E-state index contributed by atoms with van der Waals surface area (Å²) in [6.07, 6.45) is 108. The topological polar surface area (TPSA) is 134 Å². The standard InChI is InChI=1S/C79H128NO8P/c1-3-5-7-9-11-13-15-17-19-21-23-25-27-29-31-33-34-35-36-37-38-39-40-41-42-44-46-48-50-52-54-56-58-60-62-64-66-68-70-72-79(82)88-77(76-87-89(83,84)86-74-73-80)75-85-78(81)71-69-67-65-63-61-59-57-55-53-51-49-47-45-43-32-30-28-26-24-22-20-18-16-14-12-10-8-6-4-2/h5-8,11-14,17-20,23-26,29-32,34-35,37-38,40-41,45,47,51,53,77H,3-4,9-10,15-16,21-22,27-28,33,36,39,42-44,46,48-50,52,54-76,80H2,1-2H3,(H,83,84)/b7-5-,8-6-,13-11-,14-12-,19-17-,20-18-,25-23-,26-24-,31-29-,32-30-,35-34-,38-37-,41-40-,47-45-,53-51-. The van der Waals surface area contributed by atoms with Crippen molar-refractivity contribution in [1.29, 1.82) is 0 Å². The van der Waals surface area contributed by atoms with Crippen LogP contribution < -0.4 is 5.73 Å². The third-order valence-corrected chi connectivity index (χ3v) is 15.3. The highest BCUT2D eigenvalue weighted by Crippen LogP contribution is 2.43. The van der Waals surface area contributed by atoms with Crippen molar-refractivity contribution in [3.63, 3.8) is 0 Å². The van der Waals surface area contributed by atoms with Gasteiger partial charge in [-0.05, 0) is 135 Å². The molecule has 0 aromatic heterocycles. The number of hydrogen-bond donors (Lipinski definition) is 2. The molecule has 0 aliphatic rings. The first-order valence-corrected chi connectivity index (χ1v) is 36.8. The van der Waals surface area contributed by atoms with Crippen molar-refractivity contribution in [2.45, 2.75) is 277 Å². The van der Waals surface area contributed by atoms with Crippen LogP contribution in [0.1, 0.15) is 271 Å². The lowest BCUT2D eigenvalue weighted by Gasteiger charge is -2.19. The SMILES string of the molecule is CC/C=C\C/C=C\C/C=C\C/C=C\C/C=C\C/C=C\C/C=C\C/C=C\CCCCCCCCCCCCCCCCC(=O)OC(COC(=O)CCCCCCCCC/C=C\C/C=C\C/C=C\C/C=C\C/C=C\C/C=C\C/C=C\CC)COP(=O)(O)OCCN. The van der Waals surface area contributed by atoms with Crippen molar-refractivity contribution in [1.82, 2.24) is 0 Å². The number of carbonyl (C=O) groups excluding carboxylic acids is 2. The molecule has 0 aromatic rings. The fourth-order valence-corrected chi connectivity index (χ4v) is 9.93. The molecule has 0 amide bonds. The van der Waals surface area contributed by atoms with Gasteiger partial charge < -0.3 is 20.1 Å². The van der Waals surface area contributed by atoms with Crippen LogP contribution in [0.2, 0.25) is 0 Å². The largest absolute Gasteiger partial charge is 0.472 e. The minimum Gasteiger partial charge on any atom is -0.462 e. The molecule has 0 saturated heterocycles. The average molecular weight is 1250 g/mol. The highest BCUT2D eigenvalue weighted by Gasteiger charge is 2.26. The van der Waals surface area contributed by atoms with Gasteiger partial charge in [-0.2, -0.15) is 0 Å². The van der Waals surface area contributed by atoms with Crippen LogP contribution in [0.3, 0.4) is 0 Å². The number of phosphoric ester groups is 1. The Morgan fingerprint density at radius 3 is 0.865 bits per heavy atom. The molecule has 0 aromatic carbocycles. The first-order valence-electron chi connectivity index (χ1n) is 35.3. The molecular formula is C79H128NO8P. The van der Waals surface area contributed by atoms with Crippen LogP contribution in [0.25, 0.3) is 0 Å². The zero-order valence-electron chi connectivity index (χ0n) is 56.3. The highest BCUT2D eigenvalue weighted by atomic mass is 31.2. The van der Waals surface area contributed by atoms with Gasteiger partial charge in [0.05, 0.1) is 13.2 Å². The number of ether oxygens (including phenoxy) is 2. The van der Waals surface area contributed by atoms with Crippen LogP contribution in [0.5, 0.6) is 0 Å². The Bertz CT molecular complexity index is 2110. The summed E-state index contributed by atoms with van der Waals surface area (Å²) in [7, 11) is -4.41. The summed E-state index contributed by atoms with van der Waals surface area (Å²) in [6, 6.07) is 0. The molecule has 0 aliphatic heterocycles. The van der Waals surface area contributed by atoms with Gasteiger partial charge in [-0.25, -0.2) is 4.57 Å². The molecule has 0 rings (SSSR count). The molecule has 10 heteroatoms. The third-order valence-electron chi connectivity index (χ3n) is 14.3. The van der Waals surface area contributed by atoms with E-state index >= 15 is 0 Å². The summed E-state index contributed by atoms with van der Waals surface area (Å²) in [6.45, 7) is 3.50. The smallest absolute Gasteiger partial charge is 0.462 e. The van der Waals surface area contributed by atoms with Gasteiger partial charge in [-0.15, -0.1) is 0 Å². The van der Waals surface area contributed by atoms with Gasteiger partial charge in [0, 0.05) is 19.4 Å². The van der Waals surface area contributed by atoms with Crippen LogP contribution in [0.4, 0.5) is 0 Å². The summed E-state index contributed by atoms with van der Waals surface area (Å²) in [5, 5.41) is 0. The molecule has 0 saturated carbocycles. The maximum Gasteiger partial charge on any atom is 0.472 e. The molecule has 2 atom stereocenters. The van der Waals surface area contributed by atoms with Gasteiger partial charge in [0.25, 0.3) is 0 Å². The number of esters is 2. The third kappa shape index (κ3) is 72.1. The van der Waals surface area contributed by atoms with Crippen molar-refractivity contribution in [2.24, 2.45) is 5.73 Å². The van der Waals surface area contributed by atoms with Gasteiger partial charge in [-0.3, -0.25) is 18.6 Å². The van der Waals surface area contributed by atoms with Crippen molar-refractivity contribution >= 4 is 19.8 Å². The molecule has 9 nitrogen and oxygen atoms in total. The van der Waals surface area contributed by atoms with E-state index in [0.717, 1.165) is 141 Å². The monoisotopic (exact) mass is 1250 g/mol. The van der Waals surface area contributed by atoms with E-state index in [1.165, 1.54) is 89.9 Å². The molecule has 502 valence electrons. The second kappa shape index (κ2) is 72.2. The number of allylic oxidation sites excluding steroid dienone is 30. The lowest BCUT2D eigenvalue weighted by Crippen LogP contribution is -2.29. The first-order chi connectivity index (χ1) is 43.8. The Morgan fingerprint density at radius 2 is 0.584 bits per heavy atom. The van der Waals surface area contributed by atoms with E-state index < -0.39 is 32.5 Å². The number of hydrogen-bond acceptors (Lipinski definition) is 8. The Hall–Kier alpha value is -4.89. The van der Waals surface area contributed by atoms with Crippen LogP contribution in [0.15, 0.2) is 182 Å². The van der Waals surface area contributed by atoms with E-state index in [1.807, 2.05) is 0 Å². The molecule has 0 spiro atoms. The second-order valence-electron chi connectivity index (χ2n) is 22.6. The van der Waals surface area contributed by atoms with Crippen molar-refractivity contribution in [3.8, 4) is 0 Å². The number of phosphoric acid groups is 1. The maximum atomic E-state index is 12.8. The fraction of sp³-hybridized carbons (Fsp3) is 0.595. The van der Waals surface area contributed by atoms with Gasteiger partial charge in [0.1, 0.15) is 6.61 Å².